The van der Waals surface area contributed by atoms with Crippen LogP contribution >= 0.6 is 0 Å². The number of nitrogens with two attached hydrogens (primary N) is 1. The van der Waals surface area contributed by atoms with E-state index in [9.17, 15) is 0 Å². The van der Waals surface area contributed by atoms with Gasteiger partial charge in [-0.25, -0.2) is 4.98 Å². The number of hydrogen-bond donors (Lipinski definition) is 1. The molecule has 2 rings (SSSR count). The van der Waals surface area contributed by atoms with E-state index < -0.39 is 0 Å². The molecule has 0 bridgehead atoms. The SMILES string of the molecule is COc1cc(Oc2ccc(N)cc2OC)ccn1. The number of methoxy groups -OCH3 is 2. The Hall–Kier alpha value is -2.43. The maximum absolute atomic E-state index is 5.70. The van der Waals surface area contributed by atoms with Gasteiger partial charge in [0.1, 0.15) is 5.75 Å². The highest BCUT2D eigenvalue weighted by Crippen LogP contribution is 2.33. The minimum atomic E-state index is 0.488. The van der Waals surface area contributed by atoms with Crippen molar-refractivity contribution in [3.8, 4) is 23.1 Å². The Morgan fingerprint density at radius 3 is 2.56 bits per heavy atom. The van der Waals surface area contributed by atoms with Crippen LogP contribution in [0.25, 0.3) is 0 Å². The number of ether oxygens (including phenoxy) is 3. The second kappa shape index (κ2) is 5.27. The summed E-state index contributed by atoms with van der Waals surface area (Å²) >= 11 is 0. The maximum atomic E-state index is 5.70. The molecule has 0 fully saturated rings. The van der Waals surface area contributed by atoms with E-state index >= 15 is 0 Å². The molecule has 2 N–H and O–H groups in total. The first-order valence-electron chi connectivity index (χ1n) is 5.34. The topological polar surface area (TPSA) is 66.6 Å². The van der Waals surface area contributed by atoms with Crippen molar-refractivity contribution < 1.29 is 14.2 Å². The summed E-state index contributed by atoms with van der Waals surface area (Å²) < 4.78 is 15.9. The molecule has 0 radical (unpaired) electrons. The van der Waals surface area contributed by atoms with Crippen molar-refractivity contribution >= 4 is 5.69 Å². The Labute approximate surface area is 105 Å². The van der Waals surface area contributed by atoms with E-state index in [4.69, 9.17) is 19.9 Å². The fourth-order valence-corrected chi connectivity index (χ4v) is 1.46. The van der Waals surface area contributed by atoms with E-state index in [-0.39, 0.29) is 0 Å². The summed E-state index contributed by atoms with van der Waals surface area (Å²) in [5.74, 6) is 2.26. The zero-order valence-corrected chi connectivity index (χ0v) is 10.2. The lowest BCUT2D eigenvalue weighted by Gasteiger charge is -2.11. The molecule has 1 heterocycles. The van der Waals surface area contributed by atoms with Crippen LogP contribution in [0.3, 0.4) is 0 Å². The van der Waals surface area contributed by atoms with Crippen molar-refractivity contribution in [3.05, 3.63) is 36.5 Å². The summed E-state index contributed by atoms with van der Waals surface area (Å²) in [6.07, 6.45) is 1.61. The van der Waals surface area contributed by atoms with Crippen LogP contribution in [-0.2, 0) is 0 Å². The number of nitrogens with zero attached hydrogens (tertiary/aromatic N) is 1. The molecule has 0 saturated heterocycles. The summed E-state index contributed by atoms with van der Waals surface area (Å²) in [6.45, 7) is 0. The van der Waals surface area contributed by atoms with E-state index in [0.29, 0.717) is 28.8 Å². The van der Waals surface area contributed by atoms with Crippen LogP contribution < -0.4 is 19.9 Å². The van der Waals surface area contributed by atoms with Gasteiger partial charge in [0.2, 0.25) is 5.88 Å². The molecular weight excluding hydrogens is 232 g/mol. The van der Waals surface area contributed by atoms with Gasteiger partial charge < -0.3 is 19.9 Å². The molecule has 0 aliphatic rings. The molecule has 0 aliphatic heterocycles. The second-order valence-electron chi connectivity index (χ2n) is 3.55. The molecule has 0 amide bonds. The number of nitrogen functional groups attached to an aromatic ring is 1. The minimum absolute atomic E-state index is 0.488. The van der Waals surface area contributed by atoms with Gasteiger partial charge in [0.15, 0.2) is 11.5 Å². The van der Waals surface area contributed by atoms with Gasteiger partial charge >= 0.3 is 0 Å². The molecule has 5 heteroatoms. The van der Waals surface area contributed by atoms with Crippen molar-refractivity contribution in [2.45, 2.75) is 0 Å². The molecule has 0 saturated carbocycles. The van der Waals surface area contributed by atoms with E-state index in [2.05, 4.69) is 4.98 Å². The average Bonchev–Trinajstić information content (AvgIpc) is 2.41. The fourth-order valence-electron chi connectivity index (χ4n) is 1.46. The van der Waals surface area contributed by atoms with Gasteiger partial charge in [0.05, 0.1) is 14.2 Å². The summed E-state index contributed by atoms with van der Waals surface area (Å²) in [4.78, 5) is 4.00. The number of aromatic nitrogens is 1. The Bertz CT molecular complexity index is 544. The number of anilines is 1. The smallest absolute Gasteiger partial charge is 0.216 e. The van der Waals surface area contributed by atoms with Gasteiger partial charge in [-0.15, -0.1) is 0 Å². The Balaban J connectivity index is 2.27. The van der Waals surface area contributed by atoms with E-state index in [1.807, 2.05) is 0 Å². The molecule has 1 aromatic carbocycles. The predicted octanol–water partition coefficient (Wildman–Crippen LogP) is 2.47. The monoisotopic (exact) mass is 246 g/mol. The predicted molar refractivity (Wildman–Crippen MR) is 68.3 cm³/mol. The standard InChI is InChI=1S/C13H14N2O3/c1-16-12-7-9(14)3-4-11(12)18-10-5-6-15-13(8-10)17-2/h3-8H,14H2,1-2H3. The normalized spacial score (nSPS) is 9.89. The van der Waals surface area contributed by atoms with Gasteiger partial charge in [-0.3, -0.25) is 0 Å². The van der Waals surface area contributed by atoms with E-state index in [1.165, 1.54) is 0 Å². The van der Waals surface area contributed by atoms with Crippen LogP contribution in [0, 0.1) is 0 Å². The third-order valence-corrected chi connectivity index (χ3v) is 2.33. The van der Waals surface area contributed by atoms with Gasteiger partial charge in [-0.2, -0.15) is 0 Å². The molecule has 1 aromatic heterocycles. The van der Waals surface area contributed by atoms with Crippen molar-refractivity contribution in [1.82, 2.24) is 4.98 Å². The summed E-state index contributed by atoms with van der Waals surface area (Å²) in [5.41, 5.74) is 6.29. The van der Waals surface area contributed by atoms with Crippen LogP contribution in [0.2, 0.25) is 0 Å². The molecule has 0 atom stereocenters. The lowest BCUT2D eigenvalue weighted by molar-refractivity contribution is 0.373. The summed E-state index contributed by atoms with van der Waals surface area (Å²) in [5, 5.41) is 0. The summed E-state index contributed by atoms with van der Waals surface area (Å²) in [6, 6.07) is 8.62. The Morgan fingerprint density at radius 1 is 1.00 bits per heavy atom. The quantitative estimate of drug-likeness (QED) is 0.839. The van der Waals surface area contributed by atoms with Gasteiger partial charge in [-0.1, -0.05) is 0 Å². The molecule has 94 valence electrons. The molecular formula is C13H14N2O3. The highest BCUT2D eigenvalue weighted by molar-refractivity contribution is 5.53. The van der Waals surface area contributed by atoms with Crippen LogP contribution in [-0.4, -0.2) is 19.2 Å². The maximum Gasteiger partial charge on any atom is 0.216 e. The number of pyridine rings is 1. The van der Waals surface area contributed by atoms with Crippen LogP contribution in [0.1, 0.15) is 0 Å². The van der Waals surface area contributed by atoms with Crippen molar-refractivity contribution in [2.75, 3.05) is 20.0 Å². The highest BCUT2D eigenvalue weighted by atomic mass is 16.5. The molecule has 18 heavy (non-hydrogen) atoms. The largest absolute Gasteiger partial charge is 0.493 e. The Morgan fingerprint density at radius 2 is 1.83 bits per heavy atom. The molecule has 0 aliphatic carbocycles. The van der Waals surface area contributed by atoms with Crippen LogP contribution in [0.15, 0.2) is 36.5 Å². The first kappa shape index (κ1) is 12.0. The van der Waals surface area contributed by atoms with Gasteiger partial charge in [0.25, 0.3) is 0 Å². The van der Waals surface area contributed by atoms with Gasteiger partial charge in [-0.05, 0) is 18.2 Å². The van der Waals surface area contributed by atoms with Crippen molar-refractivity contribution in [3.63, 3.8) is 0 Å². The molecule has 0 unspecified atom stereocenters. The number of hydrogen-bond acceptors (Lipinski definition) is 5. The lowest BCUT2D eigenvalue weighted by atomic mass is 10.3. The zero-order chi connectivity index (χ0) is 13.0. The first-order chi connectivity index (χ1) is 8.72. The second-order valence-corrected chi connectivity index (χ2v) is 3.55. The van der Waals surface area contributed by atoms with E-state index in [0.717, 1.165) is 0 Å². The highest BCUT2D eigenvalue weighted by Gasteiger charge is 2.06. The van der Waals surface area contributed by atoms with Crippen molar-refractivity contribution in [2.24, 2.45) is 0 Å². The molecule has 0 spiro atoms. The lowest BCUT2D eigenvalue weighted by Crippen LogP contribution is -1.93. The minimum Gasteiger partial charge on any atom is -0.493 e. The molecule has 2 aromatic rings. The average molecular weight is 246 g/mol. The number of rotatable bonds is 4. The Kier molecular flexibility index (Phi) is 3.52. The fraction of sp³-hybridized carbons (Fsp3) is 0.154. The zero-order valence-electron chi connectivity index (χ0n) is 10.2. The third-order valence-electron chi connectivity index (χ3n) is 2.33. The van der Waals surface area contributed by atoms with Crippen LogP contribution in [0.4, 0.5) is 5.69 Å². The molecule has 5 nitrogen and oxygen atoms in total. The summed E-state index contributed by atoms with van der Waals surface area (Å²) in [7, 11) is 3.12. The van der Waals surface area contributed by atoms with Crippen molar-refractivity contribution in [1.29, 1.82) is 0 Å². The van der Waals surface area contributed by atoms with Gasteiger partial charge in [0, 0.05) is 24.0 Å². The number of benzene rings is 1. The third kappa shape index (κ3) is 2.63. The van der Waals surface area contributed by atoms with Crippen LogP contribution in [0.5, 0.6) is 23.1 Å². The first-order valence-corrected chi connectivity index (χ1v) is 5.34. The van der Waals surface area contributed by atoms with E-state index in [1.54, 1.807) is 50.7 Å².